The van der Waals surface area contributed by atoms with Gasteiger partial charge in [-0.25, -0.2) is 0 Å². The highest BCUT2D eigenvalue weighted by atomic mass is 16.5. The summed E-state index contributed by atoms with van der Waals surface area (Å²) < 4.78 is 5.50. The van der Waals surface area contributed by atoms with Crippen molar-refractivity contribution < 1.29 is 4.74 Å². The number of nitriles is 1. The van der Waals surface area contributed by atoms with Crippen molar-refractivity contribution in [2.45, 2.75) is 38.3 Å². The summed E-state index contributed by atoms with van der Waals surface area (Å²) in [7, 11) is 0. The minimum Gasteiger partial charge on any atom is -0.493 e. The maximum Gasteiger partial charge on any atom is 0.122 e. The van der Waals surface area contributed by atoms with Gasteiger partial charge in [0, 0.05) is 19.0 Å². The average molecular weight is 242 g/mol. The second-order valence-electron chi connectivity index (χ2n) is 5.19. The Bertz CT molecular complexity index is 478. The molecule has 94 valence electrons. The Hall–Kier alpha value is -1.53. The largest absolute Gasteiger partial charge is 0.493 e. The van der Waals surface area contributed by atoms with Crippen LogP contribution in [0.1, 0.15) is 30.4 Å². The molecule has 0 bridgehead atoms. The third-order valence-corrected chi connectivity index (χ3v) is 4.00. The highest BCUT2D eigenvalue weighted by Gasteiger charge is 2.26. The van der Waals surface area contributed by atoms with E-state index in [1.54, 1.807) is 0 Å². The zero-order valence-electron chi connectivity index (χ0n) is 10.5. The first kappa shape index (κ1) is 11.6. The first-order valence-corrected chi connectivity index (χ1v) is 6.74. The van der Waals surface area contributed by atoms with Crippen LogP contribution in [0.25, 0.3) is 0 Å². The van der Waals surface area contributed by atoms with Crippen LogP contribution >= 0.6 is 0 Å². The molecule has 1 N–H and O–H groups in total. The van der Waals surface area contributed by atoms with E-state index >= 15 is 0 Å². The molecule has 1 aliphatic heterocycles. The van der Waals surface area contributed by atoms with Crippen LogP contribution in [0.4, 0.5) is 0 Å². The molecule has 18 heavy (non-hydrogen) atoms. The van der Waals surface area contributed by atoms with Crippen LogP contribution in [-0.2, 0) is 13.0 Å². The highest BCUT2D eigenvalue weighted by Crippen LogP contribution is 2.27. The predicted molar refractivity (Wildman–Crippen MR) is 69.2 cm³/mol. The lowest BCUT2D eigenvalue weighted by Gasteiger charge is -2.15. The van der Waals surface area contributed by atoms with Crippen molar-refractivity contribution in [2.24, 2.45) is 5.92 Å². The summed E-state index contributed by atoms with van der Waals surface area (Å²) in [5, 5.41) is 12.6. The third kappa shape index (κ3) is 2.21. The Morgan fingerprint density at radius 1 is 1.39 bits per heavy atom. The van der Waals surface area contributed by atoms with E-state index in [4.69, 9.17) is 10.00 Å². The number of hydrogen-bond acceptors (Lipinski definition) is 3. The van der Waals surface area contributed by atoms with Gasteiger partial charge < -0.3 is 10.1 Å². The normalized spacial score (nSPS) is 25.5. The summed E-state index contributed by atoms with van der Waals surface area (Å²) in [5.74, 6) is 1.23. The molecule has 1 fully saturated rings. The molecule has 0 aromatic heterocycles. The van der Waals surface area contributed by atoms with Gasteiger partial charge in [-0.2, -0.15) is 5.26 Å². The van der Waals surface area contributed by atoms with E-state index in [2.05, 4.69) is 29.6 Å². The van der Waals surface area contributed by atoms with Crippen LogP contribution in [0.5, 0.6) is 5.75 Å². The monoisotopic (exact) mass is 242 g/mol. The Morgan fingerprint density at radius 2 is 2.33 bits per heavy atom. The standard InChI is InChI=1S/C15H18N2O/c16-9-13-2-1-3-14(13)17-10-11-4-5-15-12(8-11)6-7-18-15/h4-5,8,13-14,17H,1-3,6-7,10H2. The Balaban J connectivity index is 1.62. The molecule has 2 atom stereocenters. The quantitative estimate of drug-likeness (QED) is 0.885. The van der Waals surface area contributed by atoms with Gasteiger partial charge in [0.15, 0.2) is 0 Å². The number of ether oxygens (including phenoxy) is 1. The van der Waals surface area contributed by atoms with Gasteiger partial charge in [-0.15, -0.1) is 0 Å². The maximum atomic E-state index is 9.05. The molecule has 3 heteroatoms. The zero-order chi connectivity index (χ0) is 12.4. The van der Waals surface area contributed by atoms with Crippen LogP contribution in [-0.4, -0.2) is 12.6 Å². The second kappa shape index (κ2) is 4.99. The molecule has 1 aromatic rings. The van der Waals surface area contributed by atoms with E-state index in [1.165, 1.54) is 17.5 Å². The van der Waals surface area contributed by atoms with Crippen LogP contribution in [0, 0.1) is 17.2 Å². The summed E-state index contributed by atoms with van der Waals surface area (Å²) in [6, 6.07) is 9.20. The minimum absolute atomic E-state index is 0.197. The Morgan fingerprint density at radius 3 is 3.22 bits per heavy atom. The van der Waals surface area contributed by atoms with E-state index in [0.29, 0.717) is 6.04 Å². The molecule has 3 rings (SSSR count). The van der Waals surface area contributed by atoms with Gasteiger partial charge in [0.2, 0.25) is 0 Å². The van der Waals surface area contributed by atoms with E-state index < -0.39 is 0 Å². The van der Waals surface area contributed by atoms with Crippen molar-refractivity contribution in [2.75, 3.05) is 6.61 Å². The van der Waals surface area contributed by atoms with Gasteiger partial charge in [0.25, 0.3) is 0 Å². The molecule has 0 saturated heterocycles. The highest BCUT2D eigenvalue weighted by molar-refractivity contribution is 5.39. The van der Waals surface area contributed by atoms with Gasteiger partial charge in [-0.3, -0.25) is 0 Å². The van der Waals surface area contributed by atoms with Crippen LogP contribution in [0.2, 0.25) is 0 Å². The molecule has 2 aliphatic rings. The topological polar surface area (TPSA) is 45.0 Å². The molecular formula is C15H18N2O. The average Bonchev–Trinajstić information content (AvgIpc) is 3.04. The van der Waals surface area contributed by atoms with Crippen molar-refractivity contribution in [3.63, 3.8) is 0 Å². The number of nitrogens with zero attached hydrogens (tertiary/aromatic N) is 1. The predicted octanol–water partition coefficient (Wildman–Crippen LogP) is 2.40. The summed E-state index contributed by atoms with van der Waals surface area (Å²) in [6.07, 6.45) is 4.37. The summed E-state index contributed by atoms with van der Waals surface area (Å²) >= 11 is 0. The van der Waals surface area contributed by atoms with Crippen LogP contribution in [0.3, 0.4) is 0 Å². The van der Waals surface area contributed by atoms with E-state index in [9.17, 15) is 0 Å². The molecule has 1 heterocycles. The fourth-order valence-electron chi connectivity index (χ4n) is 2.96. The van der Waals surface area contributed by atoms with Gasteiger partial charge in [-0.1, -0.05) is 18.6 Å². The molecule has 1 saturated carbocycles. The van der Waals surface area contributed by atoms with Gasteiger partial charge >= 0.3 is 0 Å². The number of rotatable bonds is 3. The number of hydrogen-bond donors (Lipinski definition) is 1. The van der Waals surface area contributed by atoms with Gasteiger partial charge in [0.1, 0.15) is 5.75 Å². The van der Waals surface area contributed by atoms with Crippen molar-refractivity contribution in [1.29, 1.82) is 5.26 Å². The Labute approximate surface area is 108 Å². The third-order valence-electron chi connectivity index (χ3n) is 4.00. The van der Waals surface area contributed by atoms with E-state index in [0.717, 1.165) is 38.2 Å². The first-order chi connectivity index (χ1) is 8.86. The molecule has 3 nitrogen and oxygen atoms in total. The van der Waals surface area contributed by atoms with Crippen molar-refractivity contribution in [3.05, 3.63) is 29.3 Å². The first-order valence-electron chi connectivity index (χ1n) is 6.74. The molecule has 0 radical (unpaired) electrons. The van der Waals surface area contributed by atoms with E-state index in [-0.39, 0.29) is 5.92 Å². The lowest BCUT2D eigenvalue weighted by atomic mass is 10.0. The molecule has 0 amide bonds. The Kier molecular flexibility index (Phi) is 3.21. The summed E-state index contributed by atoms with van der Waals surface area (Å²) in [5.41, 5.74) is 2.61. The van der Waals surface area contributed by atoms with Crippen molar-refractivity contribution >= 4 is 0 Å². The maximum absolute atomic E-state index is 9.05. The molecule has 0 spiro atoms. The lowest BCUT2D eigenvalue weighted by molar-refractivity contribution is 0.357. The zero-order valence-corrected chi connectivity index (χ0v) is 10.5. The summed E-state index contributed by atoms with van der Waals surface area (Å²) in [4.78, 5) is 0. The molecule has 1 aliphatic carbocycles. The SMILES string of the molecule is N#CC1CCCC1NCc1ccc2c(c1)CCO2. The number of nitrogens with one attached hydrogen (secondary N) is 1. The molecule has 1 aromatic carbocycles. The van der Waals surface area contributed by atoms with Crippen molar-refractivity contribution in [1.82, 2.24) is 5.32 Å². The van der Waals surface area contributed by atoms with Crippen LogP contribution < -0.4 is 10.1 Å². The van der Waals surface area contributed by atoms with Crippen molar-refractivity contribution in [3.8, 4) is 11.8 Å². The second-order valence-corrected chi connectivity index (χ2v) is 5.19. The van der Waals surface area contributed by atoms with Gasteiger partial charge in [-0.05, 0) is 30.0 Å². The number of fused-ring (bicyclic) bond motifs is 1. The number of benzene rings is 1. The smallest absolute Gasteiger partial charge is 0.122 e. The molecular weight excluding hydrogens is 224 g/mol. The van der Waals surface area contributed by atoms with Crippen LogP contribution in [0.15, 0.2) is 18.2 Å². The van der Waals surface area contributed by atoms with Gasteiger partial charge in [0.05, 0.1) is 18.6 Å². The fraction of sp³-hybridized carbons (Fsp3) is 0.533. The lowest BCUT2D eigenvalue weighted by Crippen LogP contribution is -2.31. The molecule has 2 unspecified atom stereocenters. The fourth-order valence-corrected chi connectivity index (χ4v) is 2.96. The van der Waals surface area contributed by atoms with E-state index in [1.807, 2.05) is 0 Å². The summed E-state index contributed by atoms with van der Waals surface area (Å²) in [6.45, 7) is 1.67. The minimum atomic E-state index is 0.197.